The van der Waals surface area contributed by atoms with Crippen molar-refractivity contribution in [3.05, 3.63) is 0 Å². The highest BCUT2D eigenvalue weighted by atomic mass is 19.4. The summed E-state index contributed by atoms with van der Waals surface area (Å²) < 4.78 is 39.4. The molecule has 0 aliphatic heterocycles. The summed E-state index contributed by atoms with van der Waals surface area (Å²) >= 11 is 0. The van der Waals surface area contributed by atoms with Crippen molar-refractivity contribution in [3.63, 3.8) is 0 Å². The van der Waals surface area contributed by atoms with E-state index in [1.165, 1.54) is 0 Å². The van der Waals surface area contributed by atoms with E-state index in [-0.39, 0.29) is 19.4 Å². The number of ether oxygens (including phenoxy) is 1. The first-order chi connectivity index (χ1) is 6.37. The molecular formula is C8H13F3O3. The Morgan fingerprint density at radius 3 is 2.50 bits per heavy atom. The van der Waals surface area contributed by atoms with Crippen LogP contribution < -0.4 is 0 Å². The fraction of sp³-hybridized carbons (Fsp3) is 0.875. The van der Waals surface area contributed by atoms with E-state index in [0.29, 0.717) is 0 Å². The summed E-state index contributed by atoms with van der Waals surface area (Å²) in [5.41, 5.74) is 0. The smallest absolute Gasteiger partial charge is 0.389 e. The summed E-state index contributed by atoms with van der Waals surface area (Å²) in [5, 5.41) is 9.00. The third-order valence-corrected chi connectivity index (χ3v) is 1.50. The van der Waals surface area contributed by atoms with Crippen LogP contribution in [0.15, 0.2) is 0 Å². The van der Waals surface area contributed by atoms with Crippen LogP contribution in [0.25, 0.3) is 0 Å². The Morgan fingerprint density at radius 1 is 1.50 bits per heavy atom. The summed E-state index contributed by atoms with van der Waals surface area (Å²) in [6, 6.07) is 0. The zero-order valence-electron chi connectivity index (χ0n) is 7.80. The van der Waals surface area contributed by atoms with Crippen molar-refractivity contribution in [3.8, 4) is 0 Å². The number of rotatable bonds is 5. The molecule has 3 nitrogen and oxygen atoms in total. The molecule has 0 spiro atoms. The van der Waals surface area contributed by atoms with E-state index in [4.69, 9.17) is 5.11 Å². The van der Waals surface area contributed by atoms with Gasteiger partial charge in [-0.05, 0) is 19.8 Å². The van der Waals surface area contributed by atoms with Gasteiger partial charge in [0.15, 0.2) is 6.10 Å². The molecule has 0 aliphatic rings. The Kier molecular flexibility index (Phi) is 5.52. The Balaban J connectivity index is 3.63. The Morgan fingerprint density at radius 2 is 2.07 bits per heavy atom. The largest absolute Gasteiger partial charge is 0.464 e. The van der Waals surface area contributed by atoms with E-state index in [2.05, 4.69) is 4.74 Å². The Bertz CT molecular complexity index is 179. The van der Waals surface area contributed by atoms with Crippen molar-refractivity contribution < 1.29 is 27.8 Å². The molecule has 0 aromatic rings. The molecule has 1 N–H and O–H groups in total. The number of aliphatic hydroxyl groups is 1. The number of hydrogen-bond donors (Lipinski definition) is 1. The lowest BCUT2D eigenvalue weighted by molar-refractivity contribution is -0.155. The van der Waals surface area contributed by atoms with Gasteiger partial charge in [0.1, 0.15) is 0 Å². The number of alkyl halides is 3. The number of carbonyl (C=O) groups is 1. The molecular weight excluding hydrogens is 201 g/mol. The van der Waals surface area contributed by atoms with Crippen molar-refractivity contribution in [1.29, 1.82) is 0 Å². The second-order valence-electron chi connectivity index (χ2n) is 2.78. The van der Waals surface area contributed by atoms with Crippen LogP contribution in [0, 0.1) is 0 Å². The number of carbonyl (C=O) groups excluding carboxylic acids is 1. The van der Waals surface area contributed by atoms with E-state index in [1.54, 1.807) is 6.92 Å². The maximum Gasteiger partial charge on any atom is 0.389 e. The summed E-state index contributed by atoms with van der Waals surface area (Å²) in [6.45, 7) is 1.66. The van der Waals surface area contributed by atoms with Gasteiger partial charge in [0.25, 0.3) is 0 Å². The lowest BCUT2D eigenvalue weighted by atomic mass is 10.1. The zero-order chi connectivity index (χ0) is 11.2. The van der Waals surface area contributed by atoms with Crippen LogP contribution in [-0.2, 0) is 9.53 Å². The first kappa shape index (κ1) is 13.2. The molecule has 0 rings (SSSR count). The van der Waals surface area contributed by atoms with Crippen LogP contribution in [0.1, 0.15) is 26.2 Å². The lowest BCUT2D eigenvalue weighted by Gasteiger charge is -2.10. The normalized spacial score (nSPS) is 13.8. The van der Waals surface area contributed by atoms with Gasteiger partial charge in [0, 0.05) is 6.42 Å². The summed E-state index contributed by atoms with van der Waals surface area (Å²) in [4.78, 5) is 10.7. The molecule has 0 aliphatic carbocycles. The minimum Gasteiger partial charge on any atom is -0.464 e. The second kappa shape index (κ2) is 5.85. The Labute approximate surface area is 79.9 Å². The molecule has 0 amide bonds. The molecule has 0 bridgehead atoms. The lowest BCUT2D eigenvalue weighted by Crippen LogP contribution is -2.23. The van der Waals surface area contributed by atoms with Gasteiger partial charge in [0.2, 0.25) is 0 Å². The quantitative estimate of drug-likeness (QED) is 0.708. The van der Waals surface area contributed by atoms with Gasteiger partial charge in [-0.2, -0.15) is 13.2 Å². The second-order valence-corrected chi connectivity index (χ2v) is 2.78. The Hall–Kier alpha value is -0.780. The average molecular weight is 214 g/mol. The third kappa shape index (κ3) is 6.71. The topological polar surface area (TPSA) is 46.5 Å². The van der Waals surface area contributed by atoms with Gasteiger partial charge in [-0.3, -0.25) is 0 Å². The van der Waals surface area contributed by atoms with Crippen molar-refractivity contribution >= 4 is 5.97 Å². The molecule has 14 heavy (non-hydrogen) atoms. The van der Waals surface area contributed by atoms with Gasteiger partial charge in [-0.1, -0.05) is 0 Å². The van der Waals surface area contributed by atoms with Gasteiger partial charge in [-0.15, -0.1) is 0 Å². The molecule has 0 saturated carbocycles. The van der Waals surface area contributed by atoms with E-state index in [0.717, 1.165) is 0 Å². The SMILES string of the molecule is CCOC(=O)C(O)CCCC(F)(F)F. The average Bonchev–Trinajstić information content (AvgIpc) is 2.02. The molecule has 0 radical (unpaired) electrons. The monoisotopic (exact) mass is 214 g/mol. The minimum absolute atomic E-state index is 0.106. The summed E-state index contributed by atoms with van der Waals surface area (Å²) in [6.07, 6.45) is -7.18. The number of aliphatic hydroxyl groups excluding tert-OH is 1. The van der Waals surface area contributed by atoms with Crippen molar-refractivity contribution in [2.24, 2.45) is 0 Å². The third-order valence-electron chi connectivity index (χ3n) is 1.50. The van der Waals surface area contributed by atoms with Crippen LogP contribution in [0.2, 0.25) is 0 Å². The van der Waals surface area contributed by atoms with Crippen molar-refractivity contribution in [2.75, 3.05) is 6.61 Å². The van der Waals surface area contributed by atoms with Gasteiger partial charge in [-0.25, -0.2) is 4.79 Å². The summed E-state index contributed by atoms with van der Waals surface area (Å²) in [7, 11) is 0. The molecule has 0 fully saturated rings. The highest BCUT2D eigenvalue weighted by Gasteiger charge is 2.27. The number of halogens is 3. The molecule has 0 saturated heterocycles. The minimum atomic E-state index is -4.24. The molecule has 0 aromatic carbocycles. The van der Waals surface area contributed by atoms with Crippen LogP contribution in [-0.4, -0.2) is 30.0 Å². The van der Waals surface area contributed by atoms with Crippen LogP contribution >= 0.6 is 0 Å². The highest BCUT2D eigenvalue weighted by Crippen LogP contribution is 2.22. The standard InChI is InChI=1S/C8H13F3O3/c1-2-14-7(13)6(12)4-3-5-8(9,10)11/h6,12H,2-5H2,1H3. The number of hydrogen-bond acceptors (Lipinski definition) is 3. The predicted molar refractivity (Wildman–Crippen MR) is 42.5 cm³/mol. The highest BCUT2D eigenvalue weighted by molar-refractivity contribution is 5.74. The first-order valence-corrected chi connectivity index (χ1v) is 4.28. The molecule has 1 unspecified atom stereocenters. The number of esters is 1. The van der Waals surface area contributed by atoms with Gasteiger partial charge in [0.05, 0.1) is 6.61 Å². The maximum atomic E-state index is 11.7. The first-order valence-electron chi connectivity index (χ1n) is 4.28. The molecule has 0 aromatic heterocycles. The predicted octanol–water partition coefficient (Wildman–Crippen LogP) is 1.64. The molecule has 6 heteroatoms. The zero-order valence-corrected chi connectivity index (χ0v) is 7.80. The van der Waals surface area contributed by atoms with Crippen LogP contribution in [0.5, 0.6) is 0 Å². The fourth-order valence-electron chi connectivity index (χ4n) is 0.852. The maximum absolute atomic E-state index is 11.7. The van der Waals surface area contributed by atoms with Crippen molar-refractivity contribution in [1.82, 2.24) is 0 Å². The molecule has 0 heterocycles. The van der Waals surface area contributed by atoms with E-state index in [1.807, 2.05) is 0 Å². The van der Waals surface area contributed by atoms with E-state index >= 15 is 0 Å². The summed E-state index contributed by atoms with van der Waals surface area (Å²) in [5.74, 6) is -0.866. The van der Waals surface area contributed by atoms with Crippen LogP contribution in [0.3, 0.4) is 0 Å². The van der Waals surface area contributed by atoms with E-state index in [9.17, 15) is 18.0 Å². The van der Waals surface area contributed by atoms with E-state index < -0.39 is 24.7 Å². The van der Waals surface area contributed by atoms with Gasteiger partial charge >= 0.3 is 12.1 Å². The van der Waals surface area contributed by atoms with Crippen LogP contribution in [0.4, 0.5) is 13.2 Å². The fourth-order valence-corrected chi connectivity index (χ4v) is 0.852. The molecule has 84 valence electrons. The van der Waals surface area contributed by atoms with Gasteiger partial charge < -0.3 is 9.84 Å². The molecule has 1 atom stereocenters. The van der Waals surface area contributed by atoms with Crippen molar-refractivity contribution in [2.45, 2.75) is 38.5 Å².